The summed E-state index contributed by atoms with van der Waals surface area (Å²) in [6, 6.07) is 8.08. The van der Waals surface area contributed by atoms with Crippen molar-refractivity contribution in [2.75, 3.05) is 6.54 Å². The number of carbonyl (C=O) groups is 2. The summed E-state index contributed by atoms with van der Waals surface area (Å²) in [7, 11) is 0. The fourth-order valence-corrected chi connectivity index (χ4v) is 1.93. The van der Waals surface area contributed by atoms with E-state index in [1.165, 1.54) is 0 Å². The SMILES string of the molecule is CC(C)CC(O)CNC(=O)C(C)NC(=O)c1ccccc1. The third-order valence-electron chi connectivity index (χ3n) is 3.03. The smallest absolute Gasteiger partial charge is 0.251 e. The topological polar surface area (TPSA) is 78.4 Å². The Bertz CT molecular complexity index is 460. The highest BCUT2D eigenvalue weighted by Crippen LogP contribution is 2.03. The molecule has 0 aliphatic rings. The number of aliphatic hydroxyl groups is 1. The van der Waals surface area contributed by atoms with Gasteiger partial charge in [0.05, 0.1) is 6.10 Å². The van der Waals surface area contributed by atoms with Crippen LogP contribution < -0.4 is 10.6 Å². The number of amides is 2. The van der Waals surface area contributed by atoms with Gasteiger partial charge >= 0.3 is 0 Å². The minimum atomic E-state index is -0.649. The van der Waals surface area contributed by atoms with Gasteiger partial charge in [-0.3, -0.25) is 9.59 Å². The summed E-state index contributed by atoms with van der Waals surface area (Å²) in [5.41, 5.74) is 0.511. The molecule has 0 radical (unpaired) electrons. The molecule has 1 aromatic carbocycles. The average molecular weight is 292 g/mol. The molecule has 0 spiro atoms. The van der Waals surface area contributed by atoms with E-state index in [0.717, 1.165) is 0 Å². The number of hydrogen-bond donors (Lipinski definition) is 3. The first-order valence-corrected chi connectivity index (χ1v) is 7.21. The molecule has 0 aliphatic carbocycles. The largest absolute Gasteiger partial charge is 0.391 e. The van der Waals surface area contributed by atoms with E-state index in [9.17, 15) is 14.7 Å². The van der Waals surface area contributed by atoms with Gasteiger partial charge < -0.3 is 15.7 Å². The molecule has 0 heterocycles. The van der Waals surface area contributed by atoms with E-state index in [-0.39, 0.29) is 18.4 Å². The highest BCUT2D eigenvalue weighted by Gasteiger charge is 2.17. The molecule has 3 N–H and O–H groups in total. The van der Waals surface area contributed by atoms with Crippen LogP contribution >= 0.6 is 0 Å². The Balaban J connectivity index is 2.39. The Labute approximate surface area is 125 Å². The second kappa shape index (κ2) is 8.42. The number of hydrogen-bond acceptors (Lipinski definition) is 3. The van der Waals surface area contributed by atoms with Crippen LogP contribution in [0.25, 0.3) is 0 Å². The van der Waals surface area contributed by atoms with Crippen molar-refractivity contribution >= 4 is 11.8 Å². The summed E-state index contributed by atoms with van der Waals surface area (Å²) >= 11 is 0. The molecule has 116 valence electrons. The normalized spacial score (nSPS) is 13.6. The Morgan fingerprint density at radius 2 is 1.76 bits per heavy atom. The van der Waals surface area contributed by atoms with E-state index < -0.39 is 12.1 Å². The fraction of sp³-hybridized carbons (Fsp3) is 0.500. The first-order chi connectivity index (χ1) is 9.90. The van der Waals surface area contributed by atoms with Gasteiger partial charge in [0.25, 0.3) is 5.91 Å². The minimum Gasteiger partial charge on any atom is -0.391 e. The van der Waals surface area contributed by atoms with Crippen LogP contribution in [-0.4, -0.2) is 35.6 Å². The van der Waals surface area contributed by atoms with E-state index >= 15 is 0 Å². The van der Waals surface area contributed by atoms with E-state index in [1.54, 1.807) is 31.2 Å². The third kappa shape index (κ3) is 6.40. The highest BCUT2D eigenvalue weighted by molar-refractivity contribution is 5.97. The third-order valence-corrected chi connectivity index (χ3v) is 3.03. The maximum absolute atomic E-state index is 11.9. The van der Waals surface area contributed by atoms with Crippen LogP contribution in [0.2, 0.25) is 0 Å². The van der Waals surface area contributed by atoms with Crippen molar-refractivity contribution in [1.29, 1.82) is 0 Å². The van der Waals surface area contributed by atoms with Crippen molar-refractivity contribution < 1.29 is 14.7 Å². The lowest BCUT2D eigenvalue weighted by Gasteiger charge is -2.17. The molecule has 2 atom stereocenters. The quantitative estimate of drug-likeness (QED) is 0.709. The van der Waals surface area contributed by atoms with E-state index in [4.69, 9.17) is 0 Å². The molecule has 0 bridgehead atoms. The van der Waals surface area contributed by atoms with E-state index in [2.05, 4.69) is 10.6 Å². The van der Waals surface area contributed by atoms with Gasteiger partial charge in [-0.1, -0.05) is 32.0 Å². The molecule has 0 fully saturated rings. The summed E-state index contributed by atoms with van der Waals surface area (Å²) in [5, 5.41) is 15.0. The predicted octanol–water partition coefficient (Wildman–Crippen LogP) is 1.33. The lowest BCUT2D eigenvalue weighted by atomic mass is 10.1. The Hall–Kier alpha value is -1.88. The van der Waals surface area contributed by atoms with Crippen molar-refractivity contribution in [2.45, 2.75) is 39.3 Å². The number of nitrogens with one attached hydrogen (secondary N) is 2. The van der Waals surface area contributed by atoms with Crippen molar-refractivity contribution in [3.8, 4) is 0 Å². The maximum Gasteiger partial charge on any atom is 0.251 e. The highest BCUT2D eigenvalue weighted by atomic mass is 16.3. The molecule has 0 aliphatic heterocycles. The molecule has 21 heavy (non-hydrogen) atoms. The predicted molar refractivity (Wildman–Crippen MR) is 81.8 cm³/mol. The maximum atomic E-state index is 11.9. The molecular formula is C16H24N2O3. The summed E-state index contributed by atoms with van der Waals surface area (Å²) in [5.74, 6) is -0.227. The first-order valence-electron chi connectivity index (χ1n) is 7.21. The summed E-state index contributed by atoms with van der Waals surface area (Å²) in [6.07, 6.45) is 0.0661. The second-order valence-electron chi connectivity index (χ2n) is 5.59. The number of carbonyl (C=O) groups excluding carboxylic acids is 2. The van der Waals surface area contributed by atoms with Gasteiger partial charge in [-0.05, 0) is 31.4 Å². The van der Waals surface area contributed by atoms with Crippen LogP contribution in [0, 0.1) is 5.92 Å². The van der Waals surface area contributed by atoms with Crippen molar-refractivity contribution in [3.05, 3.63) is 35.9 Å². The van der Waals surface area contributed by atoms with Crippen LogP contribution in [-0.2, 0) is 4.79 Å². The monoisotopic (exact) mass is 292 g/mol. The lowest BCUT2D eigenvalue weighted by Crippen LogP contribution is -2.46. The van der Waals surface area contributed by atoms with Crippen molar-refractivity contribution in [1.82, 2.24) is 10.6 Å². The van der Waals surface area contributed by atoms with Crippen LogP contribution in [0.5, 0.6) is 0 Å². The Morgan fingerprint density at radius 3 is 2.33 bits per heavy atom. The van der Waals surface area contributed by atoms with Gasteiger partial charge in [0.2, 0.25) is 5.91 Å². The van der Waals surface area contributed by atoms with Gasteiger partial charge in [-0.15, -0.1) is 0 Å². The molecule has 0 aromatic heterocycles. The number of benzene rings is 1. The zero-order chi connectivity index (χ0) is 15.8. The molecule has 0 saturated carbocycles. The Morgan fingerprint density at radius 1 is 1.14 bits per heavy atom. The number of rotatable bonds is 7. The standard InChI is InChI=1S/C16H24N2O3/c1-11(2)9-14(19)10-17-15(20)12(3)18-16(21)13-7-5-4-6-8-13/h4-8,11-12,14,19H,9-10H2,1-3H3,(H,17,20)(H,18,21). The molecule has 2 amide bonds. The van der Waals surface area contributed by atoms with E-state index in [0.29, 0.717) is 17.9 Å². The zero-order valence-corrected chi connectivity index (χ0v) is 12.8. The summed E-state index contributed by atoms with van der Waals surface area (Å²) in [6.45, 7) is 5.83. The van der Waals surface area contributed by atoms with E-state index in [1.807, 2.05) is 19.9 Å². The van der Waals surface area contributed by atoms with Gasteiger partial charge in [0.1, 0.15) is 6.04 Å². The van der Waals surface area contributed by atoms with Gasteiger partial charge in [-0.2, -0.15) is 0 Å². The number of aliphatic hydroxyl groups excluding tert-OH is 1. The Kier molecular flexibility index (Phi) is 6.88. The molecule has 0 saturated heterocycles. The molecule has 5 heteroatoms. The van der Waals surface area contributed by atoms with Crippen molar-refractivity contribution in [2.24, 2.45) is 5.92 Å². The molecule has 1 rings (SSSR count). The van der Waals surface area contributed by atoms with Crippen LogP contribution in [0.3, 0.4) is 0 Å². The summed E-state index contributed by atoms with van der Waals surface area (Å²) < 4.78 is 0. The lowest BCUT2D eigenvalue weighted by molar-refractivity contribution is -0.123. The molecule has 2 unspecified atom stereocenters. The van der Waals surface area contributed by atoms with Crippen LogP contribution in [0.15, 0.2) is 30.3 Å². The average Bonchev–Trinajstić information content (AvgIpc) is 2.44. The van der Waals surface area contributed by atoms with Gasteiger partial charge in [0, 0.05) is 12.1 Å². The summed E-state index contributed by atoms with van der Waals surface area (Å²) in [4.78, 5) is 23.8. The van der Waals surface area contributed by atoms with Crippen molar-refractivity contribution in [3.63, 3.8) is 0 Å². The zero-order valence-electron chi connectivity index (χ0n) is 12.8. The van der Waals surface area contributed by atoms with Crippen LogP contribution in [0.1, 0.15) is 37.6 Å². The molecule has 5 nitrogen and oxygen atoms in total. The fourth-order valence-electron chi connectivity index (χ4n) is 1.93. The first kappa shape index (κ1) is 17.2. The van der Waals surface area contributed by atoms with Crippen LogP contribution in [0.4, 0.5) is 0 Å². The van der Waals surface area contributed by atoms with Gasteiger partial charge in [0.15, 0.2) is 0 Å². The second-order valence-corrected chi connectivity index (χ2v) is 5.59. The molecular weight excluding hydrogens is 268 g/mol. The van der Waals surface area contributed by atoms with Gasteiger partial charge in [-0.25, -0.2) is 0 Å². The molecule has 1 aromatic rings. The minimum absolute atomic E-state index is 0.197.